The molecule has 0 fully saturated rings. The predicted molar refractivity (Wildman–Crippen MR) is 54.1 cm³/mol. The molecule has 0 amide bonds. The Kier molecular flexibility index (Phi) is 3.90. The highest BCUT2D eigenvalue weighted by Gasteiger charge is 1.93. The van der Waals surface area contributed by atoms with Crippen LogP contribution in [0.25, 0.3) is 0 Å². The number of rotatable bonds is 2. The van der Waals surface area contributed by atoms with Crippen molar-refractivity contribution in [2.75, 3.05) is 0 Å². The van der Waals surface area contributed by atoms with Crippen molar-refractivity contribution >= 4 is 0 Å². The van der Waals surface area contributed by atoms with Gasteiger partial charge in [0.15, 0.2) is 0 Å². The van der Waals surface area contributed by atoms with Gasteiger partial charge in [0.2, 0.25) is 0 Å². The van der Waals surface area contributed by atoms with Crippen LogP contribution >= 0.6 is 0 Å². The van der Waals surface area contributed by atoms with E-state index < -0.39 is 6.10 Å². The molecule has 0 radical (unpaired) electrons. The van der Waals surface area contributed by atoms with Crippen LogP contribution in [-0.4, -0.2) is 11.2 Å². The first-order valence-electron chi connectivity index (χ1n) is 4.28. The predicted octanol–water partition coefficient (Wildman–Crippen LogP) is 2.11. The third-order valence-corrected chi connectivity index (χ3v) is 1.62. The molecule has 1 aromatic rings. The summed E-state index contributed by atoms with van der Waals surface area (Å²) in [4.78, 5) is 0. The summed E-state index contributed by atoms with van der Waals surface area (Å²) in [5, 5.41) is 9.25. The Morgan fingerprint density at radius 1 is 1.43 bits per heavy atom. The molecule has 0 spiro atoms. The van der Waals surface area contributed by atoms with Gasteiger partial charge in [0.25, 0.3) is 0 Å². The molecule has 1 atom stereocenters. The van der Waals surface area contributed by atoms with Gasteiger partial charge < -0.3 is 5.11 Å². The number of halogens is 1. The number of aliphatic hydroxyl groups excluding tert-OH is 1. The average Bonchev–Trinajstić information content (AvgIpc) is 2.17. The summed E-state index contributed by atoms with van der Waals surface area (Å²) >= 11 is 0. The molecule has 0 heterocycles. The fourth-order valence-corrected chi connectivity index (χ4v) is 0.917. The van der Waals surface area contributed by atoms with Gasteiger partial charge in [-0.05, 0) is 24.3 Å². The van der Waals surface area contributed by atoms with Gasteiger partial charge >= 0.3 is 0 Å². The lowest BCUT2D eigenvalue weighted by atomic mass is 10.2. The summed E-state index contributed by atoms with van der Waals surface area (Å²) in [6.07, 6.45) is 1.34. The monoisotopic (exact) mass is 190 g/mol. The zero-order valence-corrected chi connectivity index (χ0v) is 7.70. The maximum absolute atomic E-state index is 12.5. The van der Waals surface area contributed by atoms with Crippen molar-refractivity contribution < 1.29 is 9.50 Å². The van der Waals surface area contributed by atoms with Gasteiger partial charge in [-0.3, -0.25) is 0 Å². The Morgan fingerprint density at radius 3 is 2.64 bits per heavy atom. The lowest BCUT2D eigenvalue weighted by Crippen LogP contribution is -1.99. The third-order valence-electron chi connectivity index (χ3n) is 1.62. The van der Waals surface area contributed by atoms with E-state index in [0.29, 0.717) is 12.0 Å². The molecule has 14 heavy (non-hydrogen) atoms. The number of benzene rings is 1. The van der Waals surface area contributed by atoms with E-state index in [9.17, 15) is 9.50 Å². The lowest BCUT2D eigenvalue weighted by Gasteiger charge is -1.95. The second-order valence-corrected chi connectivity index (χ2v) is 2.82. The number of aliphatic hydroxyl groups is 1. The van der Waals surface area contributed by atoms with Crippen LogP contribution in [-0.2, 0) is 0 Å². The molecule has 0 aliphatic heterocycles. The zero-order chi connectivity index (χ0) is 10.4. The van der Waals surface area contributed by atoms with Crippen LogP contribution in [0.5, 0.6) is 0 Å². The molecule has 2 heteroatoms. The normalized spacial score (nSPS) is 11.3. The molecule has 1 unspecified atom stereocenters. The summed E-state index contributed by atoms with van der Waals surface area (Å²) in [6, 6.07) is 5.82. The molecule has 72 valence electrons. The summed E-state index contributed by atoms with van der Waals surface area (Å²) in [5.74, 6) is 5.08. The first kappa shape index (κ1) is 10.5. The Hall–Kier alpha value is -1.59. The Labute approximate surface area is 82.9 Å². The molecular weight excluding hydrogens is 179 g/mol. The maximum Gasteiger partial charge on any atom is 0.123 e. The third kappa shape index (κ3) is 3.42. The molecular formula is C12H11FO. The lowest BCUT2D eigenvalue weighted by molar-refractivity contribution is 0.236. The van der Waals surface area contributed by atoms with Gasteiger partial charge in [0.05, 0.1) is 0 Å². The molecule has 0 aromatic heterocycles. The van der Waals surface area contributed by atoms with Crippen LogP contribution in [0, 0.1) is 17.7 Å². The van der Waals surface area contributed by atoms with E-state index in [1.165, 1.54) is 12.1 Å². The Balaban J connectivity index is 2.67. The topological polar surface area (TPSA) is 20.2 Å². The molecule has 0 bridgehead atoms. The van der Waals surface area contributed by atoms with Crippen molar-refractivity contribution in [1.82, 2.24) is 0 Å². The van der Waals surface area contributed by atoms with Crippen molar-refractivity contribution in [2.45, 2.75) is 12.5 Å². The van der Waals surface area contributed by atoms with Crippen molar-refractivity contribution in [3.63, 3.8) is 0 Å². The molecule has 0 saturated carbocycles. The van der Waals surface area contributed by atoms with E-state index in [-0.39, 0.29) is 5.82 Å². The van der Waals surface area contributed by atoms with E-state index in [0.717, 1.165) is 0 Å². The molecule has 0 aliphatic carbocycles. The van der Waals surface area contributed by atoms with Gasteiger partial charge in [0, 0.05) is 12.0 Å². The smallest absolute Gasteiger partial charge is 0.123 e. The van der Waals surface area contributed by atoms with Crippen molar-refractivity contribution in [3.05, 3.63) is 48.3 Å². The SMILES string of the molecule is C=CCC(O)C#Cc1ccc(F)cc1. The Morgan fingerprint density at radius 2 is 2.07 bits per heavy atom. The standard InChI is InChI=1S/C12H11FO/c1-2-3-12(14)9-6-10-4-7-11(13)8-5-10/h2,4-5,7-8,12,14H,1,3H2. The number of hydrogen-bond donors (Lipinski definition) is 1. The average molecular weight is 190 g/mol. The fourth-order valence-electron chi connectivity index (χ4n) is 0.917. The first-order valence-corrected chi connectivity index (χ1v) is 4.28. The van der Waals surface area contributed by atoms with Gasteiger partial charge in [-0.2, -0.15) is 0 Å². The van der Waals surface area contributed by atoms with Crippen molar-refractivity contribution in [2.24, 2.45) is 0 Å². The van der Waals surface area contributed by atoms with Crippen LogP contribution < -0.4 is 0 Å². The van der Waals surface area contributed by atoms with Crippen LogP contribution in [0.4, 0.5) is 4.39 Å². The molecule has 0 aliphatic rings. The summed E-state index contributed by atoms with van der Waals surface area (Å²) in [6.45, 7) is 3.49. The van der Waals surface area contributed by atoms with E-state index in [1.54, 1.807) is 18.2 Å². The minimum absolute atomic E-state index is 0.290. The van der Waals surface area contributed by atoms with Crippen molar-refractivity contribution in [1.29, 1.82) is 0 Å². The molecule has 1 aromatic carbocycles. The highest BCUT2D eigenvalue weighted by atomic mass is 19.1. The molecule has 1 nitrogen and oxygen atoms in total. The summed E-state index contributed by atoms with van der Waals surface area (Å²) in [5.41, 5.74) is 0.689. The highest BCUT2D eigenvalue weighted by Crippen LogP contribution is 2.01. The van der Waals surface area contributed by atoms with E-state index in [4.69, 9.17) is 0 Å². The second kappa shape index (κ2) is 5.21. The quantitative estimate of drug-likeness (QED) is 0.559. The van der Waals surface area contributed by atoms with Crippen LogP contribution in [0.3, 0.4) is 0 Å². The molecule has 1 rings (SSSR count). The van der Waals surface area contributed by atoms with E-state index in [1.807, 2.05) is 0 Å². The highest BCUT2D eigenvalue weighted by molar-refractivity contribution is 5.34. The summed E-state index contributed by atoms with van der Waals surface area (Å²) in [7, 11) is 0. The van der Waals surface area contributed by atoms with Crippen molar-refractivity contribution in [3.8, 4) is 11.8 Å². The minimum Gasteiger partial charge on any atom is -0.380 e. The van der Waals surface area contributed by atoms with E-state index in [2.05, 4.69) is 18.4 Å². The van der Waals surface area contributed by atoms with Crippen LogP contribution in [0.1, 0.15) is 12.0 Å². The van der Waals surface area contributed by atoms with Gasteiger partial charge in [-0.25, -0.2) is 4.39 Å². The Bertz CT molecular complexity index is 356. The minimum atomic E-state index is -0.697. The van der Waals surface area contributed by atoms with Crippen LogP contribution in [0.15, 0.2) is 36.9 Å². The first-order chi connectivity index (χ1) is 6.72. The van der Waals surface area contributed by atoms with Gasteiger partial charge in [-0.15, -0.1) is 6.58 Å². The maximum atomic E-state index is 12.5. The van der Waals surface area contributed by atoms with E-state index >= 15 is 0 Å². The summed E-state index contributed by atoms with van der Waals surface area (Å²) < 4.78 is 12.5. The number of hydrogen-bond acceptors (Lipinski definition) is 1. The fraction of sp³-hybridized carbons (Fsp3) is 0.167. The van der Waals surface area contributed by atoms with Gasteiger partial charge in [0.1, 0.15) is 11.9 Å². The largest absolute Gasteiger partial charge is 0.380 e. The molecule has 1 N–H and O–H groups in total. The zero-order valence-electron chi connectivity index (χ0n) is 7.70. The van der Waals surface area contributed by atoms with Crippen LogP contribution in [0.2, 0.25) is 0 Å². The molecule has 0 saturated heterocycles. The van der Waals surface area contributed by atoms with Gasteiger partial charge in [-0.1, -0.05) is 17.9 Å². The second-order valence-electron chi connectivity index (χ2n) is 2.82.